The molecule has 8 aromatic carbocycles. The predicted molar refractivity (Wildman–Crippen MR) is 224 cm³/mol. The van der Waals surface area contributed by atoms with Gasteiger partial charge in [0, 0.05) is 38.7 Å². The monoisotopic (exact) mass is 707 g/mol. The van der Waals surface area contributed by atoms with Crippen LogP contribution in [0.3, 0.4) is 0 Å². The number of benzene rings is 8. The highest BCUT2D eigenvalue weighted by atomic mass is 32.1. The van der Waals surface area contributed by atoms with Crippen LogP contribution in [0.1, 0.15) is 0 Å². The van der Waals surface area contributed by atoms with Gasteiger partial charge in [-0.15, -0.1) is 11.3 Å². The number of nitrogens with zero attached hydrogens (tertiary/aromatic N) is 5. The van der Waals surface area contributed by atoms with Crippen molar-refractivity contribution < 1.29 is 0 Å². The third-order valence-corrected chi connectivity index (χ3v) is 11.4. The molecule has 6 heteroatoms. The van der Waals surface area contributed by atoms with E-state index in [1.165, 1.54) is 26.2 Å². The number of hydrogen-bond acceptors (Lipinski definition) is 5. The largest absolute Gasteiger partial charge is 0.309 e. The highest BCUT2D eigenvalue weighted by molar-refractivity contribution is 7.21. The molecule has 11 rings (SSSR count). The standard InChI is InChI=1S/C48H29N5S/c1-2-12-30(13-3-1)45-50-46(52-47(51-45)40-28-32-14-4-5-15-35(32)36-16-6-7-17-37(36)40)31-22-25-34(26-23-31)53-42-20-10-8-18-38(42)39-27-24-33(29-43(39)53)48-49-41-19-9-11-21-44(41)54-48/h1-29H. The van der Waals surface area contributed by atoms with Crippen molar-refractivity contribution in [2.24, 2.45) is 0 Å². The lowest BCUT2D eigenvalue weighted by molar-refractivity contribution is 1.08. The molecule has 0 saturated carbocycles. The van der Waals surface area contributed by atoms with E-state index in [1.54, 1.807) is 11.3 Å². The van der Waals surface area contributed by atoms with E-state index < -0.39 is 0 Å². The zero-order chi connectivity index (χ0) is 35.6. The van der Waals surface area contributed by atoms with Crippen molar-refractivity contribution in [3.63, 3.8) is 0 Å². The fourth-order valence-electron chi connectivity index (χ4n) is 7.72. The van der Waals surface area contributed by atoms with Crippen molar-refractivity contribution >= 4 is 64.9 Å². The molecule has 0 aliphatic carbocycles. The van der Waals surface area contributed by atoms with Crippen molar-refractivity contribution in [3.05, 3.63) is 176 Å². The summed E-state index contributed by atoms with van der Waals surface area (Å²) < 4.78 is 3.54. The number of thiazole rings is 1. The van der Waals surface area contributed by atoms with Gasteiger partial charge >= 0.3 is 0 Å². The molecule has 3 aromatic heterocycles. The lowest BCUT2D eigenvalue weighted by Crippen LogP contribution is -2.01. The zero-order valence-electron chi connectivity index (χ0n) is 28.9. The van der Waals surface area contributed by atoms with Crippen LogP contribution >= 0.6 is 11.3 Å². The molecule has 252 valence electrons. The smallest absolute Gasteiger partial charge is 0.164 e. The Balaban J connectivity index is 1.07. The van der Waals surface area contributed by atoms with E-state index in [0.717, 1.165) is 60.3 Å². The van der Waals surface area contributed by atoms with Gasteiger partial charge in [-0.1, -0.05) is 121 Å². The average molecular weight is 708 g/mol. The Bertz CT molecular complexity index is 3180. The van der Waals surface area contributed by atoms with Gasteiger partial charge < -0.3 is 4.57 Å². The van der Waals surface area contributed by atoms with Crippen LogP contribution in [-0.4, -0.2) is 24.5 Å². The van der Waals surface area contributed by atoms with E-state index in [1.807, 2.05) is 24.3 Å². The van der Waals surface area contributed by atoms with Gasteiger partial charge in [-0.3, -0.25) is 0 Å². The van der Waals surface area contributed by atoms with Crippen LogP contribution in [0, 0.1) is 0 Å². The molecule has 0 aliphatic heterocycles. The van der Waals surface area contributed by atoms with Crippen LogP contribution < -0.4 is 0 Å². The predicted octanol–water partition coefficient (Wildman–Crippen LogP) is 12.6. The number of aromatic nitrogens is 5. The first kappa shape index (κ1) is 30.6. The van der Waals surface area contributed by atoms with Gasteiger partial charge in [0.15, 0.2) is 17.5 Å². The Morgan fingerprint density at radius 3 is 1.81 bits per heavy atom. The van der Waals surface area contributed by atoms with Crippen LogP contribution in [0.4, 0.5) is 0 Å². The molecule has 0 fully saturated rings. The van der Waals surface area contributed by atoms with Gasteiger partial charge in [0.1, 0.15) is 5.01 Å². The van der Waals surface area contributed by atoms with Gasteiger partial charge in [0.2, 0.25) is 0 Å². The molecule has 0 unspecified atom stereocenters. The summed E-state index contributed by atoms with van der Waals surface area (Å²) in [4.78, 5) is 20.3. The minimum Gasteiger partial charge on any atom is -0.309 e. The molecule has 3 heterocycles. The third-order valence-electron chi connectivity index (χ3n) is 10.3. The molecular formula is C48H29N5S. The Kier molecular flexibility index (Phi) is 6.97. The maximum atomic E-state index is 5.18. The van der Waals surface area contributed by atoms with Crippen molar-refractivity contribution in [2.45, 2.75) is 0 Å². The van der Waals surface area contributed by atoms with Crippen LogP contribution in [0.2, 0.25) is 0 Å². The second kappa shape index (κ2) is 12.3. The van der Waals surface area contributed by atoms with E-state index in [0.29, 0.717) is 17.5 Å². The van der Waals surface area contributed by atoms with Gasteiger partial charge in [-0.05, 0) is 76.1 Å². The molecule has 0 radical (unpaired) electrons. The van der Waals surface area contributed by atoms with Crippen molar-refractivity contribution in [1.82, 2.24) is 24.5 Å². The molecule has 54 heavy (non-hydrogen) atoms. The quantitative estimate of drug-likeness (QED) is 0.167. The van der Waals surface area contributed by atoms with Crippen molar-refractivity contribution in [3.8, 4) is 50.4 Å². The highest BCUT2D eigenvalue weighted by Gasteiger charge is 2.18. The maximum absolute atomic E-state index is 5.18. The van der Waals surface area contributed by atoms with Crippen molar-refractivity contribution in [1.29, 1.82) is 0 Å². The second-order valence-electron chi connectivity index (χ2n) is 13.5. The molecule has 0 aliphatic rings. The Morgan fingerprint density at radius 2 is 1.00 bits per heavy atom. The van der Waals surface area contributed by atoms with Gasteiger partial charge in [-0.2, -0.15) is 0 Å². The first-order chi connectivity index (χ1) is 26.7. The SMILES string of the molecule is c1ccc(-c2nc(-c3ccc(-n4c5ccccc5c5ccc(-c6nc7ccccc7s6)cc54)cc3)nc(-c3cc4ccccc4c4ccccc34)n2)cc1. The minimum absolute atomic E-state index is 0.628. The summed E-state index contributed by atoms with van der Waals surface area (Å²) in [6, 6.07) is 61.6. The molecular weight excluding hydrogens is 679 g/mol. The Labute approximate surface area is 314 Å². The number of fused-ring (bicyclic) bond motifs is 7. The summed E-state index contributed by atoms with van der Waals surface area (Å²) in [6.07, 6.45) is 0. The lowest BCUT2D eigenvalue weighted by atomic mass is 9.97. The van der Waals surface area contributed by atoms with E-state index in [9.17, 15) is 0 Å². The van der Waals surface area contributed by atoms with E-state index >= 15 is 0 Å². The first-order valence-electron chi connectivity index (χ1n) is 18.0. The Hall–Kier alpha value is -7.02. The number of para-hydroxylation sites is 2. The summed E-state index contributed by atoms with van der Waals surface area (Å²) in [6.45, 7) is 0. The number of rotatable bonds is 5. The second-order valence-corrected chi connectivity index (χ2v) is 14.5. The molecule has 0 bridgehead atoms. The first-order valence-corrected chi connectivity index (χ1v) is 18.8. The summed E-state index contributed by atoms with van der Waals surface area (Å²) in [5, 5.41) is 8.08. The molecule has 0 saturated heterocycles. The molecule has 0 spiro atoms. The summed E-state index contributed by atoms with van der Waals surface area (Å²) in [5.74, 6) is 1.92. The van der Waals surface area contributed by atoms with Crippen LogP contribution in [-0.2, 0) is 0 Å². The summed E-state index contributed by atoms with van der Waals surface area (Å²) in [5.41, 5.74) is 8.33. The van der Waals surface area contributed by atoms with Crippen molar-refractivity contribution in [2.75, 3.05) is 0 Å². The molecule has 0 N–H and O–H groups in total. The average Bonchev–Trinajstić information content (AvgIpc) is 3.83. The molecule has 11 aromatic rings. The normalized spacial score (nSPS) is 11.7. The zero-order valence-corrected chi connectivity index (χ0v) is 29.7. The summed E-state index contributed by atoms with van der Waals surface area (Å²) >= 11 is 1.73. The van der Waals surface area contributed by atoms with Crippen LogP contribution in [0.25, 0.3) is 104 Å². The van der Waals surface area contributed by atoms with Crippen LogP contribution in [0.5, 0.6) is 0 Å². The fraction of sp³-hybridized carbons (Fsp3) is 0. The van der Waals surface area contributed by atoms with E-state index in [2.05, 4.69) is 156 Å². The van der Waals surface area contributed by atoms with Crippen LogP contribution in [0.15, 0.2) is 176 Å². The topological polar surface area (TPSA) is 56.5 Å². The number of hydrogen-bond donors (Lipinski definition) is 0. The lowest BCUT2D eigenvalue weighted by Gasteiger charge is -2.13. The molecule has 0 amide bonds. The van der Waals surface area contributed by atoms with Gasteiger partial charge in [0.05, 0.1) is 21.3 Å². The van der Waals surface area contributed by atoms with Gasteiger partial charge in [-0.25, -0.2) is 19.9 Å². The van der Waals surface area contributed by atoms with E-state index in [4.69, 9.17) is 19.9 Å². The molecule has 0 atom stereocenters. The maximum Gasteiger partial charge on any atom is 0.164 e. The fourth-order valence-corrected chi connectivity index (χ4v) is 8.68. The minimum atomic E-state index is 0.628. The molecule has 5 nitrogen and oxygen atoms in total. The Morgan fingerprint density at radius 1 is 0.389 bits per heavy atom. The van der Waals surface area contributed by atoms with E-state index in [-0.39, 0.29) is 0 Å². The summed E-state index contributed by atoms with van der Waals surface area (Å²) in [7, 11) is 0. The highest BCUT2D eigenvalue weighted by Crippen LogP contribution is 2.38. The van der Waals surface area contributed by atoms with Gasteiger partial charge in [0.25, 0.3) is 0 Å². The third kappa shape index (κ3) is 4.99.